The maximum absolute atomic E-state index is 11.8. The Morgan fingerprint density at radius 2 is 2.08 bits per heavy atom. The van der Waals surface area contributed by atoms with Gasteiger partial charge in [-0.2, -0.15) is 0 Å². The topological polar surface area (TPSA) is 72.0 Å². The van der Waals surface area contributed by atoms with Crippen LogP contribution in [-0.4, -0.2) is 56.9 Å². The summed E-state index contributed by atoms with van der Waals surface area (Å²) in [4.78, 5) is 6.88. The van der Waals surface area contributed by atoms with Crippen LogP contribution in [0.15, 0.2) is 12.1 Å². The predicted molar refractivity (Wildman–Crippen MR) is 93.6 cm³/mol. The standard InChI is InChI=1S/C15H19N3O4S2/c1-17(24(2,19)20)10-4-3-5-18(8-10)15-16-11-6-12-13(22-9-21-12)7-14(11)23-15/h6-7,10H,3-5,8-9H2,1-2H3. The number of hydrogen-bond donors (Lipinski definition) is 0. The fourth-order valence-electron chi connectivity index (χ4n) is 3.14. The molecule has 0 aliphatic carbocycles. The van der Waals surface area contributed by atoms with Gasteiger partial charge in [0.2, 0.25) is 16.8 Å². The number of sulfonamides is 1. The molecule has 1 saturated heterocycles. The van der Waals surface area contributed by atoms with Crippen molar-refractivity contribution in [1.82, 2.24) is 9.29 Å². The first-order valence-corrected chi connectivity index (χ1v) is 10.5. The quantitative estimate of drug-likeness (QED) is 0.823. The summed E-state index contributed by atoms with van der Waals surface area (Å²) in [6.07, 6.45) is 3.08. The summed E-state index contributed by atoms with van der Waals surface area (Å²) in [6, 6.07) is 3.85. The van der Waals surface area contributed by atoms with Gasteiger partial charge in [-0.15, -0.1) is 0 Å². The van der Waals surface area contributed by atoms with E-state index in [1.54, 1.807) is 18.4 Å². The zero-order chi connectivity index (χ0) is 16.9. The molecule has 1 fully saturated rings. The van der Waals surface area contributed by atoms with Gasteiger partial charge in [-0.1, -0.05) is 11.3 Å². The molecule has 2 aromatic rings. The fourth-order valence-corrected chi connectivity index (χ4v) is 4.86. The van der Waals surface area contributed by atoms with Crippen molar-refractivity contribution >= 4 is 36.7 Å². The third-order valence-electron chi connectivity index (χ3n) is 4.58. The Bertz CT molecular complexity index is 839. The summed E-state index contributed by atoms with van der Waals surface area (Å²) in [5, 5.41) is 0.917. The first kappa shape index (κ1) is 15.9. The number of benzene rings is 1. The number of hydrogen-bond acceptors (Lipinski definition) is 7. The van der Waals surface area contributed by atoms with Crippen molar-refractivity contribution in [2.45, 2.75) is 18.9 Å². The van der Waals surface area contributed by atoms with Crippen LogP contribution < -0.4 is 14.4 Å². The number of thiazole rings is 1. The second-order valence-corrected chi connectivity index (χ2v) is 9.24. The maximum atomic E-state index is 11.8. The lowest BCUT2D eigenvalue weighted by molar-refractivity contribution is 0.174. The second kappa shape index (κ2) is 5.75. The number of piperidine rings is 1. The van der Waals surface area contributed by atoms with Crippen LogP contribution in [0.5, 0.6) is 11.5 Å². The molecule has 130 valence electrons. The Balaban J connectivity index is 1.60. The van der Waals surface area contributed by atoms with E-state index in [2.05, 4.69) is 4.90 Å². The first-order chi connectivity index (χ1) is 11.4. The molecule has 0 saturated carbocycles. The number of rotatable bonds is 3. The van der Waals surface area contributed by atoms with Gasteiger partial charge in [-0.3, -0.25) is 0 Å². The molecule has 1 atom stereocenters. The van der Waals surface area contributed by atoms with Crippen LogP contribution >= 0.6 is 11.3 Å². The van der Waals surface area contributed by atoms with Crippen molar-refractivity contribution in [2.75, 3.05) is 38.1 Å². The van der Waals surface area contributed by atoms with E-state index in [1.165, 1.54) is 10.6 Å². The summed E-state index contributed by atoms with van der Waals surface area (Å²) >= 11 is 1.60. The minimum absolute atomic E-state index is 0.0163. The van der Waals surface area contributed by atoms with Crippen molar-refractivity contribution in [3.05, 3.63) is 12.1 Å². The third kappa shape index (κ3) is 2.80. The normalized spacial score (nSPS) is 21.0. The summed E-state index contributed by atoms with van der Waals surface area (Å²) in [5.74, 6) is 1.48. The van der Waals surface area contributed by atoms with Crippen molar-refractivity contribution in [2.24, 2.45) is 0 Å². The van der Waals surface area contributed by atoms with Crippen LogP contribution in [0, 0.1) is 0 Å². The number of likely N-dealkylation sites (N-methyl/N-ethyl adjacent to an activating group) is 1. The van der Waals surface area contributed by atoms with Gasteiger partial charge in [0.15, 0.2) is 16.6 Å². The van der Waals surface area contributed by atoms with Crippen LogP contribution in [-0.2, 0) is 10.0 Å². The summed E-state index contributed by atoms with van der Waals surface area (Å²) in [7, 11) is -1.53. The molecule has 2 aliphatic rings. The lowest BCUT2D eigenvalue weighted by atomic mass is 10.1. The van der Waals surface area contributed by atoms with E-state index in [1.807, 2.05) is 12.1 Å². The van der Waals surface area contributed by atoms with Gasteiger partial charge in [0.1, 0.15) is 0 Å². The van der Waals surface area contributed by atoms with Crippen molar-refractivity contribution in [3.63, 3.8) is 0 Å². The number of nitrogens with zero attached hydrogens (tertiary/aromatic N) is 3. The number of ether oxygens (including phenoxy) is 2. The summed E-state index contributed by atoms with van der Waals surface area (Å²) < 4.78 is 36.9. The van der Waals surface area contributed by atoms with Gasteiger partial charge in [-0.25, -0.2) is 17.7 Å². The molecule has 0 spiro atoms. The molecule has 3 heterocycles. The van der Waals surface area contributed by atoms with Crippen molar-refractivity contribution in [3.8, 4) is 11.5 Å². The number of anilines is 1. The molecule has 2 aliphatic heterocycles. The van der Waals surface area contributed by atoms with E-state index < -0.39 is 10.0 Å². The molecule has 0 amide bonds. The van der Waals surface area contributed by atoms with Gasteiger partial charge in [0.05, 0.1) is 16.5 Å². The largest absolute Gasteiger partial charge is 0.454 e. The molecule has 0 bridgehead atoms. The Kier molecular flexibility index (Phi) is 3.81. The van der Waals surface area contributed by atoms with E-state index in [9.17, 15) is 8.42 Å². The van der Waals surface area contributed by atoms with Crippen molar-refractivity contribution in [1.29, 1.82) is 0 Å². The Morgan fingerprint density at radius 1 is 1.33 bits per heavy atom. The molecule has 1 unspecified atom stereocenters. The van der Waals surface area contributed by atoms with Crippen LogP contribution in [0.2, 0.25) is 0 Å². The molecule has 9 heteroatoms. The monoisotopic (exact) mass is 369 g/mol. The average molecular weight is 369 g/mol. The molecule has 24 heavy (non-hydrogen) atoms. The molecule has 0 radical (unpaired) electrons. The molecule has 1 aromatic carbocycles. The highest BCUT2D eigenvalue weighted by atomic mass is 32.2. The fraction of sp³-hybridized carbons (Fsp3) is 0.533. The summed E-state index contributed by atoms with van der Waals surface area (Å²) in [5.41, 5.74) is 0.887. The van der Waals surface area contributed by atoms with E-state index >= 15 is 0 Å². The number of aromatic nitrogens is 1. The van der Waals surface area contributed by atoms with E-state index in [0.29, 0.717) is 6.54 Å². The Hall–Kier alpha value is -1.58. The maximum Gasteiger partial charge on any atom is 0.231 e. The van der Waals surface area contributed by atoms with Gasteiger partial charge in [0.25, 0.3) is 0 Å². The lowest BCUT2D eigenvalue weighted by Crippen LogP contribution is -2.48. The third-order valence-corrected chi connectivity index (χ3v) is 7.00. The zero-order valence-corrected chi connectivity index (χ0v) is 15.2. The highest BCUT2D eigenvalue weighted by Crippen LogP contribution is 2.40. The number of fused-ring (bicyclic) bond motifs is 2. The SMILES string of the molecule is CN(C1CCCN(c2nc3cc4c(cc3s2)OCO4)C1)S(C)(=O)=O. The van der Waals surface area contributed by atoms with E-state index in [4.69, 9.17) is 14.5 Å². The molecular weight excluding hydrogens is 350 g/mol. The lowest BCUT2D eigenvalue weighted by Gasteiger charge is -2.36. The van der Waals surface area contributed by atoms with E-state index in [-0.39, 0.29) is 12.8 Å². The molecular formula is C15H19N3O4S2. The highest BCUT2D eigenvalue weighted by molar-refractivity contribution is 7.88. The molecule has 7 nitrogen and oxygen atoms in total. The molecule has 4 rings (SSSR count). The Morgan fingerprint density at radius 3 is 2.83 bits per heavy atom. The van der Waals surface area contributed by atoms with Crippen LogP contribution in [0.4, 0.5) is 5.13 Å². The van der Waals surface area contributed by atoms with Gasteiger partial charge >= 0.3 is 0 Å². The molecule has 0 N–H and O–H groups in total. The van der Waals surface area contributed by atoms with E-state index in [0.717, 1.165) is 46.2 Å². The van der Waals surface area contributed by atoms with Crippen LogP contribution in [0.1, 0.15) is 12.8 Å². The predicted octanol–water partition coefficient (Wildman–Crippen LogP) is 1.89. The minimum atomic E-state index is -3.18. The minimum Gasteiger partial charge on any atom is -0.454 e. The van der Waals surface area contributed by atoms with Crippen LogP contribution in [0.3, 0.4) is 0 Å². The highest BCUT2D eigenvalue weighted by Gasteiger charge is 2.29. The average Bonchev–Trinajstić information content (AvgIpc) is 3.16. The summed E-state index contributed by atoms with van der Waals surface area (Å²) in [6.45, 7) is 1.81. The Labute approximate surface area is 144 Å². The zero-order valence-electron chi connectivity index (χ0n) is 13.6. The smallest absolute Gasteiger partial charge is 0.231 e. The van der Waals surface area contributed by atoms with Crippen molar-refractivity contribution < 1.29 is 17.9 Å². The molecule has 1 aromatic heterocycles. The van der Waals surface area contributed by atoms with Gasteiger partial charge < -0.3 is 14.4 Å². The van der Waals surface area contributed by atoms with Crippen LogP contribution in [0.25, 0.3) is 10.2 Å². The first-order valence-electron chi connectivity index (χ1n) is 7.80. The van der Waals surface area contributed by atoms with Gasteiger partial charge in [-0.05, 0) is 12.8 Å². The second-order valence-electron chi connectivity index (χ2n) is 6.19. The van der Waals surface area contributed by atoms with Gasteiger partial charge in [0, 0.05) is 38.3 Å².